The van der Waals surface area contributed by atoms with Crippen LogP contribution in [0.3, 0.4) is 0 Å². The van der Waals surface area contributed by atoms with E-state index in [1.165, 1.54) is 39.0 Å². The number of amides is 1. The second-order valence-electron chi connectivity index (χ2n) is 13.0. The van der Waals surface area contributed by atoms with E-state index >= 15 is 0 Å². The van der Waals surface area contributed by atoms with Gasteiger partial charge in [-0.05, 0) is 74.5 Å². The normalized spacial score (nSPS) is 20.0. The molecule has 15 nitrogen and oxygen atoms in total. The molecule has 2 aliphatic rings. The molecule has 4 unspecified atom stereocenters. The lowest BCUT2D eigenvalue weighted by atomic mass is 10.0. The summed E-state index contributed by atoms with van der Waals surface area (Å²) in [4.78, 5) is 32.6. The minimum Gasteiger partial charge on any atom is -0.491 e. The molecule has 0 aliphatic carbocycles. The number of rotatable bonds is 12. The summed E-state index contributed by atoms with van der Waals surface area (Å²) < 4.78 is 51.1. The van der Waals surface area contributed by atoms with Gasteiger partial charge in [0.1, 0.15) is 55.6 Å². The van der Waals surface area contributed by atoms with Gasteiger partial charge in [-0.15, -0.1) is 0 Å². The van der Waals surface area contributed by atoms with E-state index in [4.69, 9.17) is 19.3 Å². The molecule has 7 rings (SSSR count). The third-order valence-electron chi connectivity index (χ3n) is 9.60. The van der Waals surface area contributed by atoms with Crippen molar-refractivity contribution < 1.29 is 32.9 Å². The minimum atomic E-state index is -1.53. The van der Waals surface area contributed by atoms with E-state index in [-0.39, 0.29) is 31.0 Å². The van der Waals surface area contributed by atoms with Crippen LogP contribution in [0.1, 0.15) is 25.5 Å². The molecule has 0 saturated carbocycles. The predicted molar refractivity (Wildman–Crippen MR) is 188 cm³/mol. The Morgan fingerprint density at radius 2 is 1.62 bits per heavy atom. The number of aromatic nitrogens is 6. The van der Waals surface area contributed by atoms with Crippen molar-refractivity contribution in [1.82, 2.24) is 34.4 Å². The van der Waals surface area contributed by atoms with Crippen molar-refractivity contribution in [1.29, 1.82) is 0 Å². The second-order valence-corrected chi connectivity index (χ2v) is 13.0. The van der Waals surface area contributed by atoms with E-state index in [1.807, 2.05) is 48.5 Å². The molecule has 53 heavy (non-hydrogen) atoms. The molecule has 1 amide bonds. The summed E-state index contributed by atoms with van der Waals surface area (Å²) in [6.45, 7) is 6.92. The molecule has 0 bridgehead atoms. The number of nitrogens with zero attached hydrogens (tertiary/aromatic N) is 8. The van der Waals surface area contributed by atoms with Crippen molar-refractivity contribution in [2.45, 2.75) is 44.4 Å². The van der Waals surface area contributed by atoms with Gasteiger partial charge >= 0.3 is 11.8 Å². The summed E-state index contributed by atoms with van der Waals surface area (Å²) >= 11 is 0. The SMILES string of the molecule is CC(NC(=O)O)C(C)n1ncn(-c2ccc(N3CCN(c4ccc(OCC5COC(Cn6cncn6)(c6ccc(F)cc6F)O5)cc4)CC3)cc2)c1=O. The Balaban J connectivity index is 0.915. The summed E-state index contributed by atoms with van der Waals surface area (Å²) in [5.41, 5.74) is 2.47. The van der Waals surface area contributed by atoms with Crippen LogP contribution in [0.4, 0.5) is 25.0 Å². The molecule has 2 saturated heterocycles. The first-order valence-corrected chi connectivity index (χ1v) is 17.2. The number of anilines is 2. The Kier molecular flexibility index (Phi) is 10.1. The summed E-state index contributed by atoms with van der Waals surface area (Å²) in [6.07, 6.45) is 2.58. The number of carboxylic acid groups (broad SMARTS) is 1. The molecule has 4 atom stereocenters. The zero-order chi connectivity index (χ0) is 37.1. The fourth-order valence-electron chi connectivity index (χ4n) is 6.57. The smallest absolute Gasteiger partial charge is 0.404 e. The number of ether oxygens (including phenoxy) is 3. The van der Waals surface area contributed by atoms with E-state index in [1.54, 1.807) is 13.8 Å². The van der Waals surface area contributed by atoms with E-state index < -0.39 is 41.7 Å². The van der Waals surface area contributed by atoms with Crippen LogP contribution in [-0.4, -0.2) is 91.9 Å². The number of benzene rings is 3. The van der Waals surface area contributed by atoms with Crippen LogP contribution in [0, 0.1) is 11.6 Å². The van der Waals surface area contributed by atoms with Crippen molar-refractivity contribution in [2.75, 3.05) is 49.2 Å². The summed E-state index contributed by atoms with van der Waals surface area (Å²) in [5, 5.41) is 19.7. The monoisotopic (exact) mass is 731 g/mol. The van der Waals surface area contributed by atoms with Crippen LogP contribution in [-0.2, 0) is 21.8 Å². The number of hydrogen-bond donors (Lipinski definition) is 2. The van der Waals surface area contributed by atoms with Crippen molar-refractivity contribution in [2.24, 2.45) is 0 Å². The highest BCUT2D eigenvalue weighted by molar-refractivity contribution is 5.64. The Morgan fingerprint density at radius 1 is 0.962 bits per heavy atom. The molecule has 5 aromatic rings. The Hall–Kier alpha value is -5.81. The largest absolute Gasteiger partial charge is 0.491 e. The lowest BCUT2D eigenvalue weighted by molar-refractivity contribution is -0.192. The highest BCUT2D eigenvalue weighted by atomic mass is 19.1. The molecule has 0 radical (unpaired) electrons. The highest BCUT2D eigenvalue weighted by Gasteiger charge is 2.46. The van der Waals surface area contributed by atoms with E-state index in [0.29, 0.717) is 11.4 Å². The molecular weight excluding hydrogens is 692 g/mol. The maximum absolute atomic E-state index is 14.9. The van der Waals surface area contributed by atoms with Gasteiger partial charge in [0.25, 0.3) is 0 Å². The number of halogens is 2. The standard InChI is InChI=1S/C36H39F2N9O6/c1-24(42-34(48)49)25(2)47-35(50)46(23-41-47)29-6-4-27(5-7-29)43-13-15-44(16-14-43)28-8-10-30(11-9-28)51-18-31-19-52-36(53-31,20-45-22-39-21-40-45)32-12-3-26(37)17-33(32)38/h3-12,17,21-25,31,42H,13-16,18-20H2,1-2H3,(H,48,49). The van der Waals surface area contributed by atoms with E-state index in [9.17, 15) is 18.4 Å². The Bertz CT molecular complexity index is 2070. The van der Waals surface area contributed by atoms with Crippen LogP contribution in [0.25, 0.3) is 5.69 Å². The molecule has 2 fully saturated rings. The van der Waals surface area contributed by atoms with Gasteiger partial charge in [0.2, 0.25) is 5.79 Å². The highest BCUT2D eigenvalue weighted by Crippen LogP contribution is 2.38. The maximum Gasteiger partial charge on any atom is 0.404 e. The molecule has 0 spiro atoms. The second kappa shape index (κ2) is 15.0. The van der Waals surface area contributed by atoms with E-state index in [0.717, 1.165) is 49.7 Å². The van der Waals surface area contributed by atoms with Gasteiger partial charge in [-0.2, -0.15) is 10.2 Å². The minimum absolute atomic E-state index is 0.0169. The van der Waals surface area contributed by atoms with Crippen LogP contribution in [0.5, 0.6) is 5.75 Å². The zero-order valence-electron chi connectivity index (χ0n) is 29.1. The molecule has 3 aromatic carbocycles. The van der Waals surface area contributed by atoms with Crippen molar-refractivity contribution in [3.8, 4) is 11.4 Å². The molecular formula is C36H39F2N9O6. The average molecular weight is 732 g/mol. The van der Waals surface area contributed by atoms with Crippen LogP contribution < -0.4 is 25.5 Å². The van der Waals surface area contributed by atoms with Gasteiger partial charge in [0.15, 0.2) is 0 Å². The zero-order valence-corrected chi connectivity index (χ0v) is 29.1. The van der Waals surface area contributed by atoms with Gasteiger partial charge in [-0.3, -0.25) is 0 Å². The number of hydrogen-bond acceptors (Lipinski definition) is 10. The van der Waals surface area contributed by atoms with Crippen molar-refractivity contribution in [3.63, 3.8) is 0 Å². The van der Waals surface area contributed by atoms with Crippen molar-refractivity contribution in [3.05, 3.63) is 113 Å². The molecule has 4 heterocycles. The topological polar surface area (TPSA) is 154 Å². The van der Waals surface area contributed by atoms with Gasteiger partial charge in [0.05, 0.1) is 24.4 Å². The Labute approximate surface area is 302 Å². The van der Waals surface area contributed by atoms with Gasteiger partial charge in [-0.25, -0.2) is 37.3 Å². The molecule has 2 aromatic heterocycles. The average Bonchev–Trinajstić information content (AvgIpc) is 3.92. The van der Waals surface area contributed by atoms with Gasteiger partial charge < -0.3 is 34.4 Å². The summed E-state index contributed by atoms with van der Waals surface area (Å²) in [5.74, 6) is -2.37. The molecule has 2 N–H and O–H groups in total. The number of carbonyl (C=O) groups is 1. The lowest BCUT2D eigenvalue weighted by Gasteiger charge is -2.37. The third kappa shape index (κ3) is 7.71. The number of nitrogens with one attached hydrogen (secondary N) is 1. The molecule has 2 aliphatic heterocycles. The fourth-order valence-corrected chi connectivity index (χ4v) is 6.57. The first-order chi connectivity index (χ1) is 25.6. The molecule has 278 valence electrons. The first kappa shape index (κ1) is 35.6. The maximum atomic E-state index is 14.9. The quantitative estimate of drug-likeness (QED) is 0.193. The van der Waals surface area contributed by atoms with Crippen LogP contribution in [0.15, 0.2) is 90.5 Å². The van der Waals surface area contributed by atoms with E-state index in [2.05, 4.69) is 30.3 Å². The summed E-state index contributed by atoms with van der Waals surface area (Å²) in [7, 11) is 0. The fraction of sp³-hybridized carbons (Fsp3) is 0.361. The lowest BCUT2D eigenvalue weighted by Crippen LogP contribution is -2.46. The van der Waals surface area contributed by atoms with Gasteiger partial charge in [-0.1, -0.05) is 0 Å². The van der Waals surface area contributed by atoms with Crippen LogP contribution in [0.2, 0.25) is 0 Å². The van der Waals surface area contributed by atoms with Gasteiger partial charge in [0, 0.05) is 49.2 Å². The summed E-state index contributed by atoms with van der Waals surface area (Å²) in [6, 6.07) is 17.8. The third-order valence-corrected chi connectivity index (χ3v) is 9.60. The van der Waals surface area contributed by atoms with Crippen LogP contribution >= 0.6 is 0 Å². The predicted octanol–water partition coefficient (Wildman–Crippen LogP) is 3.79. The van der Waals surface area contributed by atoms with Crippen molar-refractivity contribution >= 4 is 17.5 Å². The first-order valence-electron chi connectivity index (χ1n) is 17.2. The number of piperazine rings is 1. The Morgan fingerprint density at radius 3 is 2.25 bits per heavy atom. The molecule has 17 heteroatoms.